The third-order valence-corrected chi connectivity index (χ3v) is 7.67. The smallest absolute Gasteiger partial charge is 0.262 e. The van der Waals surface area contributed by atoms with E-state index >= 15 is 0 Å². The van der Waals surface area contributed by atoms with Crippen molar-refractivity contribution >= 4 is 38.9 Å². The van der Waals surface area contributed by atoms with Crippen LogP contribution in [-0.4, -0.2) is 67.5 Å². The van der Waals surface area contributed by atoms with Gasteiger partial charge in [-0.3, -0.25) is 14.4 Å². The van der Waals surface area contributed by atoms with E-state index in [4.69, 9.17) is 0 Å². The molecule has 1 aromatic heterocycles. The summed E-state index contributed by atoms with van der Waals surface area (Å²) in [7, 11) is -4.35. The summed E-state index contributed by atoms with van der Waals surface area (Å²) in [5.41, 5.74) is 0. The van der Waals surface area contributed by atoms with Crippen molar-refractivity contribution in [3.8, 4) is 0 Å². The molecule has 0 bridgehead atoms. The molecule has 1 saturated heterocycles. The number of carbonyl (C=O) groups excluding carboxylic acids is 3. The van der Waals surface area contributed by atoms with Crippen molar-refractivity contribution in [2.75, 3.05) is 26.2 Å². The maximum Gasteiger partial charge on any atom is 0.262 e. The number of hydrogen-bond acceptors (Lipinski definition) is 6. The lowest BCUT2D eigenvalue weighted by atomic mass is 10.2. The average Bonchev–Trinajstić information content (AvgIpc) is 3.32. The topological polar surface area (TPSA) is 104 Å². The molecule has 1 fully saturated rings. The van der Waals surface area contributed by atoms with Crippen LogP contribution in [0.4, 0.5) is 4.39 Å². The summed E-state index contributed by atoms with van der Waals surface area (Å²) in [5, 5.41) is 2.12. The molecule has 1 aromatic carbocycles. The van der Waals surface area contributed by atoms with Crippen LogP contribution in [0.5, 0.6) is 0 Å². The summed E-state index contributed by atoms with van der Waals surface area (Å²) in [6.07, 6.45) is 0.340. The molecule has 3 rings (SSSR count). The van der Waals surface area contributed by atoms with Crippen molar-refractivity contribution in [1.82, 2.24) is 15.1 Å². The summed E-state index contributed by atoms with van der Waals surface area (Å²) in [5.74, 6) is -2.16. The maximum absolute atomic E-state index is 13.3. The molecule has 8 nitrogen and oxygen atoms in total. The number of halogens is 1. The molecule has 3 amide bonds. The second kappa shape index (κ2) is 9.56. The highest BCUT2D eigenvalue weighted by Gasteiger charge is 2.39. The second-order valence-electron chi connectivity index (χ2n) is 6.89. The molecule has 11 heteroatoms. The fourth-order valence-corrected chi connectivity index (χ4v) is 5.29. The Balaban J connectivity index is 1.86. The Kier molecular flexibility index (Phi) is 7.06. The first-order valence-electron chi connectivity index (χ1n) is 9.64. The van der Waals surface area contributed by atoms with Gasteiger partial charge < -0.3 is 15.1 Å². The quantitative estimate of drug-likeness (QED) is 0.649. The third kappa shape index (κ3) is 5.10. The number of amides is 3. The van der Waals surface area contributed by atoms with Gasteiger partial charge >= 0.3 is 0 Å². The van der Waals surface area contributed by atoms with Gasteiger partial charge in [-0.05, 0) is 35.7 Å². The van der Waals surface area contributed by atoms with Crippen molar-refractivity contribution < 1.29 is 27.2 Å². The van der Waals surface area contributed by atoms with Gasteiger partial charge in [0.25, 0.3) is 11.8 Å². The van der Waals surface area contributed by atoms with Crippen molar-refractivity contribution in [3.05, 3.63) is 52.5 Å². The number of rotatable bonds is 6. The molecule has 0 aliphatic carbocycles. The van der Waals surface area contributed by atoms with E-state index in [-0.39, 0.29) is 41.9 Å². The van der Waals surface area contributed by atoms with Crippen molar-refractivity contribution in [2.45, 2.75) is 23.6 Å². The molecule has 1 atom stereocenters. The molecule has 1 N–H and O–H groups in total. The number of thiophene rings is 1. The Labute approximate surface area is 183 Å². The molecule has 0 spiro atoms. The summed E-state index contributed by atoms with van der Waals surface area (Å²) in [6, 6.07) is 7.21. The van der Waals surface area contributed by atoms with Gasteiger partial charge in [-0.2, -0.15) is 0 Å². The van der Waals surface area contributed by atoms with Crippen LogP contribution >= 0.6 is 11.3 Å². The van der Waals surface area contributed by atoms with Gasteiger partial charge in [0.1, 0.15) is 5.82 Å². The predicted octanol–water partition coefficient (Wildman–Crippen LogP) is 1.50. The highest BCUT2D eigenvalue weighted by Crippen LogP contribution is 2.19. The van der Waals surface area contributed by atoms with Gasteiger partial charge in [0, 0.05) is 32.6 Å². The lowest BCUT2D eigenvalue weighted by Crippen LogP contribution is -2.57. The minimum absolute atomic E-state index is 0.0476. The lowest BCUT2D eigenvalue weighted by Gasteiger charge is -2.36. The first-order chi connectivity index (χ1) is 14.7. The van der Waals surface area contributed by atoms with Crippen molar-refractivity contribution in [1.29, 1.82) is 0 Å². The zero-order chi connectivity index (χ0) is 22.6. The summed E-state index contributed by atoms with van der Waals surface area (Å²) in [4.78, 5) is 40.5. The first-order valence-corrected chi connectivity index (χ1v) is 12.1. The number of benzene rings is 1. The third-order valence-electron chi connectivity index (χ3n) is 4.93. The van der Waals surface area contributed by atoms with Crippen molar-refractivity contribution in [3.63, 3.8) is 0 Å². The van der Waals surface area contributed by atoms with Gasteiger partial charge in [-0.1, -0.05) is 13.0 Å². The van der Waals surface area contributed by atoms with E-state index in [0.717, 1.165) is 35.6 Å². The number of sulfone groups is 1. The number of hydrogen-bond donors (Lipinski definition) is 1. The number of piperazine rings is 1. The molecule has 31 heavy (non-hydrogen) atoms. The standard InChI is InChI=1S/C20H22FN3O5S2/c1-2-17(25)23-9-11-24(12-10-23)20(27)19(22-18(26)16-4-3-13-30-16)31(28,29)15-7-5-14(21)6-8-15/h3-8,13,19H,2,9-12H2,1H3,(H,22,26). The van der Waals surface area contributed by atoms with E-state index in [1.54, 1.807) is 23.3 Å². The molecule has 166 valence electrons. The molecule has 2 heterocycles. The van der Waals surface area contributed by atoms with Gasteiger partial charge in [-0.25, -0.2) is 12.8 Å². The highest BCUT2D eigenvalue weighted by atomic mass is 32.2. The fraction of sp³-hybridized carbons (Fsp3) is 0.350. The zero-order valence-electron chi connectivity index (χ0n) is 16.8. The van der Waals surface area contributed by atoms with E-state index in [1.807, 2.05) is 0 Å². The first kappa shape index (κ1) is 22.9. The number of nitrogens with one attached hydrogen (secondary N) is 1. The maximum atomic E-state index is 13.3. The molecule has 0 radical (unpaired) electrons. The minimum atomic E-state index is -4.35. The summed E-state index contributed by atoms with van der Waals surface area (Å²) >= 11 is 1.11. The SMILES string of the molecule is CCC(=O)N1CCN(C(=O)C(NC(=O)c2cccs2)S(=O)(=O)c2ccc(F)cc2)CC1. The second-order valence-corrected chi connectivity index (χ2v) is 9.87. The van der Waals surface area contributed by atoms with E-state index in [9.17, 15) is 27.2 Å². The molecule has 1 aliphatic heterocycles. The Morgan fingerprint density at radius 3 is 2.23 bits per heavy atom. The Hall–Kier alpha value is -2.79. The van der Waals surface area contributed by atoms with E-state index in [2.05, 4.69) is 5.32 Å². The van der Waals surface area contributed by atoms with E-state index in [0.29, 0.717) is 6.42 Å². The van der Waals surface area contributed by atoms with Gasteiger partial charge in [-0.15, -0.1) is 11.3 Å². The summed E-state index contributed by atoms with van der Waals surface area (Å²) in [6.45, 7) is 2.59. The van der Waals surface area contributed by atoms with Crippen LogP contribution in [0.1, 0.15) is 23.0 Å². The molecule has 2 aromatic rings. The Morgan fingerprint density at radius 2 is 1.68 bits per heavy atom. The van der Waals surface area contributed by atoms with Crippen LogP contribution in [0.3, 0.4) is 0 Å². The average molecular weight is 468 g/mol. The molecular weight excluding hydrogens is 445 g/mol. The van der Waals surface area contributed by atoms with Crippen LogP contribution in [0, 0.1) is 5.82 Å². The number of carbonyl (C=O) groups is 3. The summed E-state index contributed by atoms with van der Waals surface area (Å²) < 4.78 is 39.7. The largest absolute Gasteiger partial charge is 0.339 e. The van der Waals surface area contributed by atoms with Crippen molar-refractivity contribution in [2.24, 2.45) is 0 Å². The molecule has 1 aliphatic rings. The zero-order valence-corrected chi connectivity index (χ0v) is 18.4. The van der Waals surface area contributed by atoms with Crippen LogP contribution < -0.4 is 5.32 Å². The van der Waals surface area contributed by atoms with E-state index in [1.165, 1.54) is 11.0 Å². The monoisotopic (exact) mass is 467 g/mol. The Morgan fingerprint density at radius 1 is 1.06 bits per heavy atom. The molecule has 1 unspecified atom stereocenters. The van der Waals surface area contributed by atoms with Gasteiger partial charge in [0.15, 0.2) is 0 Å². The van der Waals surface area contributed by atoms with Gasteiger partial charge in [0.2, 0.25) is 21.1 Å². The van der Waals surface area contributed by atoms with Gasteiger partial charge in [0.05, 0.1) is 9.77 Å². The minimum Gasteiger partial charge on any atom is -0.339 e. The van der Waals surface area contributed by atoms with Crippen LogP contribution in [0.15, 0.2) is 46.7 Å². The van der Waals surface area contributed by atoms with E-state index < -0.39 is 32.8 Å². The van der Waals surface area contributed by atoms with Crippen LogP contribution in [-0.2, 0) is 19.4 Å². The highest BCUT2D eigenvalue weighted by molar-refractivity contribution is 7.92. The predicted molar refractivity (Wildman–Crippen MR) is 113 cm³/mol. The lowest BCUT2D eigenvalue weighted by molar-refractivity contribution is -0.139. The van der Waals surface area contributed by atoms with Crippen LogP contribution in [0.2, 0.25) is 0 Å². The van der Waals surface area contributed by atoms with Crippen LogP contribution in [0.25, 0.3) is 0 Å². The fourth-order valence-electron chi connectivity index (χ4n) is 3.20. The number of nitrogens with zero attached hydrogens (tertiary/aromatic N) is 2. The molecule has 0 saturated carbocycles. The normalized spacial score (nSPS) is 15.4. The Bertz CT molecular complexity index is 1050. The molecular formula is C20H22FN3O5S2.